The third-order valence-corrected chi connectivity index (χ3v) is 4.42. The molecule has 3 unspecified atom stereocenters. The standard InChI is InChI=1S/C15H28N2O2/c1-12-5-4-9-16-14(12)11-17-15(18)8-7-13-6-2-3-10-19-13/h12-14,16H,2-11H2,1H3,(H,17,18). The van der Waals surface area contributed by atoms with E-state index in [1.165, 1.54) is 25.7 Å². The summed E-state index contributed by atoms with van der Waals surface area (Å²) >= 11 is 0. The number of carbonyl (C=O) groups is 1. The van der Waals surface area contributed by atoms with Crippen LogP contribution in [0, 0.1) is 5.92 Å². The summed E-state index contributed by atoms with van der Waals surface area (Å²) in [6.45, 7) is 4.99. The minimum atomic E-state index is 0.175. The first-order valence-corrected chi connectivity index (χ1v) is 7.87. The molecule has 0 aromatic rings. The van der Waals surface area contributed by atoms with Gasteiger partial charge in [-0.05, 0) is 51.0 Å². The fourth-order valence-corrected chi connectivity index (χ4v) is 3.03. The SMILES string of the molecule is CC1CCCNC1CNC(=O)CCC1CCCCO1. The van der Waals surface area contributed by atoms with Crippen molar-refractivity contribution in [2.75, 3.05) is 19.7 Å². The first kappa shape index (κ1) is 14.8. The van der Waals surface area contributed by atoms with Gasteiger partial charge in [-0.25, -0.2) is 0 Å². The van der Waals surface area contributed by atoms with Crippen molar-refractivity contribution in [1.29, 1.82) is 0 Å². The molecule has 2 saturated heterocycles. The average molecular weight is 268 g/mol. The zero-order valence-electron chi connectivity index (χ0n) is 12.1. The number of nitrogens with one attached hydrogen (secondary N) is 2. The number of amides is 1. The molecule has 1 amide bonds. The largest absolute Gasteiger partial charge is 0.378 e. The molecule has 2 aliphatic rings. The molecule has 0 saturated carbocycles. The van der Waals surface area contributed by atoms with E-state index in [0.717, 1.165) is 32.5 Å². The van der Waals surface area contributed by atoms with Crippen LogP contribution in [-0.4, -0.2) is 37.7 Å². The highest BCUT2D eigenvalue weighted by molar-refractivity contribution is 5.75. The quantitative estimate of drug-likeness (QED) is 0.800. The summed E-state index contributed by atoms with van der Waals surface area (Å²) in [5, 5.41) is 6.56. The molecule has 2 heterocycles. The summed E-state index contributed by atoms with van der Waals surface area (Å²) in [6, 6.07) is 0.448. The Labute approximate surface area is 116 Å². The Bertz CT molecular complexity index is 277. The van der Waals surface area contributed by atoms with Gasteiger partial charge >= 0.3 is 0 Å². The van der Waals surface area contributed by atoms with Crippen LogP contribution >= 0.6 is 0 Å². The highest BCUT2D eigenvalue weighted by atomic mass is 16.5. The van der Waals surface area contributed by atoms with E-state index in [0.29, 0.717) is 24.5 Å². The van der Waals surface area contributed by atoms with Gasteiger partial charge in [0.2, 0.25) is 5.91 Å². The van der Waals surface area contributed by atoms with Gasteiger partial charge in [0.05, 0.1) is 6.10 Å². The molecular formula is C15H28N2O2. The van der Waals surface area contributed by atoms with Crippen LogP contribution in [0.3, 0.4) is 0 Å². The summed E-state index contributed by atoms with van der Waals surface area (Å²) in [5.41, 5.74) is 0. The zero-order valence-corrected chi connectivity index (χ0v) is 12.1. The fourth-order valence-electron chi connectivity index (χ4n) is 3.03. The second-order valence-corrected chi connectivity index (χ2v) is 6.01. The van der Waals surface area contributed by atoms with Crippen LogP contribution in [0.25, 0.3) is 0 Å². The van der Waals surface area contributed by atoms with Crippen molar-refractivity contribution in [2.24, 2.45) is 5.92 Å². The highest BCUT2D eigenvalue weighted by Crippen LogP contribution is 2.17. The van der Waals surface area contributed by atoms with Gasteiger partial charge in [0.25, 0.3) is 0 Å². The molecule has 110 valence electrons. The molecule has 0 aliphatic carbocycles. The number of rotatable bonds is 5. The molecule has 2 N–H and O–H groups in total. The van der Waals surface area contributed by atoms with Crippen LogP contribution < -0.4 is 10.6 Å². The molecule has 2 rings (SSSR count). The van der Waals surface area contributed by atoms with Crippen molar-refractivity contribution in [1.82, 2.24) is 10.6 Å². The Kier molecular flexibility index (Phi) is 6.11. The van der Waals surface area contributed by atoms with Crippen molar-refractivity contribution in [3.63, 3.8) is 0 Å². The van der Waals surface area contributed by atoms with Gasteiger partial charge in [-0.1, -0.05) is 6.92 Å². The maximum Gasteiger partial charge on any atom is 0.220 e. The average Bonchev–Trinajstić information content (AvgIpc) is 2.45. The molecule has 4 heteroatoms. The van der Waals surface area contributed by atoms with E-state index in [9.17, 15) is 4.79 Å². The minimum absolute atomic E-state index is 0.175. The lowest BCUT2D eigenvalue weighted by atomic mass is 9.93. The minimum Gasteiger partial charge on any atom is -0.378 e. The smallest absolute Gasteiger partial charge is 0.220 e. The van der Waals surface area contributed by atoms with E-state index in [4.69, 9.17) is 4.74 Å². The monoisotopic (exact) mass is 268 g/mol. The zero-order chi connectivity index (χ0) is 13.5. The lowest BCUT2D eigenvalue weighted by Gasteiger charge is -2.30. The molecule has 19 heavy (non-hydrogen) atoms. The van der Waals surface area contributed by atoms with E-state index in [1.807, 2.05) is 0 Å². The number of hydrogen-bond donors (Lipinski definition) is 2. The van der Waals surface area contributed by atoms with Gasteiger partial charge in [-0.3, -0.25) is 4.79 Å². The summed E-state index contributed by atoms with van der Waals surface area (Å²) in [5.74, 6) is 0.837. The van der Waals surface area contributed by atoms with Crippen molar-refractivity contribution in [3.8, 4) is 0 Å². The maximum absolute atomic E-state index is 11.8. The first-order valence-electron chi connectivity index (χ1n) is 7.87. The van der Waals surface area contributed by atoms with E-state index in [1.54, 1.807) is 0 Å². The summed E-state index contributed by atoms with van der Waals surface area (Å²) in [7, 11) is 0. The van der Waals surface area contributed by atoms with Crippen LogP contribution in [0.5, 0.6) is 0 Å². The van der Waals surface area contributed by atoms with Crippen LogP contribution in [0.15, 0.2) is 0 Å². The van der Waals surface area contributed by atoms with Crippen molar-refractivity contribution in [3.05, 3.63) is 0 Å². The van der Waals surface area contributed by atoms with E-state index >= 15 is 0 Å². The van der Waals surface area contributed by atoms with Crippen LogP contribution in [0.2, 0.25) is 0 Å². The van der Waals surface area contributed by atoms with Gasteiger partial charge in [0, 0.05) is 25.6 Å². The first-order chi connectivity index (χ1) is 9.25. The molecule has 2 fully saturated rings. The maximum atomic E-state index is 11.8. The third kappa shape index (κ3) is 5.11. The predicted octanol–water partition coefficient (Wildman–Crippen LogP) is 1.84. The third-order valence-electron chi connectivity index (χ3n) is 4.42. The highest BCUT2D eigenvalue weighted by Gasteiger charge is 2.21. The fraction of sp³-hybridized carbons (Fsp3) is 0.933. The van der Waals surface area contributed by atoms with Crippen molar-refractivity contribution >= 4 is 5.91 Å². The normalized spacial score (nSPS) is 31.9. The Morgan fingerprint density at radius 3 is 2.95 bits per heavy atom. The Hall–Kier alpha value is -0.610. The van der Waals surface area contributed by atoms with Gasteiger partial charge in [0.1, 0.15) is 0 Å². The van der Waals surface area contributed by atoms with Crippen LogP contribution in [0.1, 0.15) is 51.9 Å². The van der Waals surface area contributed by atoms with Gasteiger partial charge < -0.3 is 15.4 Å². The number of carbonyl (C=O) groups excluding carboxylic acids is 1. The number of hydrogen-bond acceptors (Lipinski definition) is 3. The van der Waals surface area contributed by atoms with E-state index in [-0.39, 0.29) is 5.91 Å². The predicted molar refractivity (Wildman–Crippen MR) is 76.0 cm³/mol. The Morgan fingerprint density at radius 2 is 2.21 bits per heavy atom. The second kappa shape index (κ2) is 7.85. The molecule has 4 nitrogen and oxygen atoms in total. The Morgan fingerprint density at radius 1 is 1.32 bits per heavy atom. The topological polar surface area (TPSA) is 50.4 Å². The van der Waals surface area contributed by atoms with Crippen LogP contribution in [0.4, 0.5) is 0 Å². The molecule has 0 aromatic heterocycles. The number of ether oxygens (including phenoxy) is 1. The van der Waals surface area contributed by atoms with Crippen molar-refractivity contribution < 1.29 is 9.53 Å². The van der Waals surface area contributed by atoms with E-state index in [2.05, 4.69) is 17.6 Å². The summed E-state index contributed by atoms with van der Waals surface area (Å²) in [4.78, 5) is 11.8. The molecule has 0 bridgehead atoms. The molecule has 0 spiro atoms. The van der Waals surface area contributed by atoms with Gasteiger partial charge in [0.15, 0.2) is 0 Å². The second-order valence-electron chi connectivity index (χ2n) is 6.01. The Balaban J connectivity index is 1.58. The van der Waals surface area contributed by atoms with Gasteiger partial charge in [-0.2, -0.15) is 0 Å². The lowest BCUT2D eigenvalue weighted by molar-refractivity contribution is -0.122. The van der Waals surface area contributed by atoms with Crippen LogP contribution in [-0.2, 0) is 9.53 Å². The molecule has 0 aromatic carbocycles. The summed E-state index contributed by atoms with van der Waals surface area (Å²) < 4.78 is 5.65. The van der Waals surface area contributed by atoms with E-state index < -0.39 is 0 Å². The van der Waals surface area contributed by atoms with Gasteiger partial charge in [-0.15, -0.1) is 0 Å². The molecular weight excluding hydrogens is 240 g/mol. The van der Waals surface area contributed by atoms with Crippen molar-refractivity contribution in [2.45, 2.75) is 64.0 Å². The lowest BCUT2D eigenvalue weighted by Crippen LogP contribution is -2.47. The summed E-state index contributed by atoms with van der Waals surface area (Å²) in [6.07, 6.45) is 7.85. The molecule has 2 aliphatic heterocycles. The molecule has 3 atom stereocenters. The molecule has 0 radical (unpaired) electrons. The number of piperidine rings is 1.